The average Bonchev–Trinajstić information content (AvgIpc) is 2.55. The van der Waals surface area contributed by atoms with Crippen molar-refractivity contribution in [1.82, 2.24) is 0 Å². The number of hydrogen-bond acceptors (Lipinski definition) is 0. The van der Waals surface area contributed by atoms with E-state index >= 15 is 0 Å². The van der Waals surface area contributed by atoms with Crippen LogP contribution >= 0.6 is 0 Å². The molecule has 60 valence electrons. The van der Waals surface area contributed by atoms with Crippen LogP contribution < -0.4 is 0 Å². The summed E-state index contributed by atoms with van der Waals surface area (Å²) in [5, 5.41) is 0. The Bertz CT molecular complexity index is 202. The highest BCUT2D eigenvalue weighted by molar-refractivity contribution is 5.32. The van der Waals surface area contributed by atoms with Crippen LogP contribution in [0.25, 0.3) is 0 Å². The van der Waals surface area contributed by atoms with E-state index in [-0.39, 0.29) is 0 Å². The van der Waals surface area contributed by atoms with Gasteiger partial charge in [-0.2, -0.15) is 0 Å². The van der Waals surface area contributed by atoms with Gasteiger partial charge in [0.1, 0.15) is 0 Å². The van der Waals surface area contributed by atoms with Gasteiger partial charge in [-0.3, -0.25) is 0 Å². The normalized spacial score (nSPS) is 25.5. The van der Waals surface area contributed by atoms with Crippen molar-refractivity contribution in [3.63, 3.8) is 0 Å². The number of allylic oxidation sites excluding steroid dienone is 4. The number of hydrogen-bond donors (Lipinski definition) is 0. The lowest BCUT2D eigenvalue weighted by molar-refractivity contribution is 0.633. The molecular formula is C11H16. The molecule has 0 aliphatic heterocycles. The van der Waals surface area contributed by atoms with Crippen LogP contribution in [-0.4, -0.2) is 0 Å². The second kappa shape index (κ2) is 2.84. The highest BCUT2D eigenvalue weighted by atomic mass is 14.2. The van der Waals surface area contributed by atoms with Gasteiger partial charge in [-0.1, -0.05) is 36.1 Å². The van der Waals surface area contributed by atoms with Crippen LogP contribution in [0, 0.1) is 5.92 Å². The summed E-state index contributed by atoms with van der Waals surface area (Å²) in [5.74, 6) is 0.948. The van der Waals surface area contributed by atoms with Crippen molar-refractivity contribution in [1.29, 1.82) is 0 Å². The minimum Gasteiger partial charge on any atom is -0.0775 e. The maximum atomic E-state index is 2.40. The SMILES string of the molecule is CC1=CCC(C2CCCC2)=C1. The standard InChI is InChI=1S/C11H16/c1-9-6-7-11(8-9)10-4-2-3-5-10/h6,8,10H,2-5,7H2,1H3. The minimum atomic E-state index is 0.948. The van der Waals surface area contributed by atoms with E-state index in [9.17, 15) is 0 Å². The van der Waals surface area contributed by atoms with Crippen LogP contribution in [0.3, 0.4) is 0 Å². The van der Waals surface area contributed by atoms with Crippen molar-refractivity contribution in [2.45, 2.75) is 39.0 Å². The molecule has 0 heterocycles. The smallest absolute Gasteiger partial charge is 0.0127 e. The fourth-order valence-electron chi connectivity index (χ4n) is 2.27. The topological polar surface area (TPSA) is 0 Å². The molecule has 0 atom stereocenters. The molecule has 0 radical (unpaired) electrons. The predicted molar refractivity (Wildman–Crippen MR) is 48.4 cm³/mol. The molecular weight excluding hydrogens is 132 g/mol. The first-order valence-electron chi connectivity index (χ1n) is 4.73. The molecule has 0 spiro atoms. The lowest BCUT2D eigenvalue weighted by Gasteiger charge is -2.08. The van der Waals surface area contributed by atoms with E-state index in [1.54, 1.807) is 5.57 Å². The Morgan fingerprint density at radius 3 is 2.55 bits per heavy atom. The maximum Gasteiger partial charge on any atom is -0.0127 e. The molecule has 0 unspecified atom stereocenters. The van der Waals surface area contributed by atoms with Gasteiger partial charge in [-0.25, -0.2) is 0 Å². The summed E-state index contributed by atoms with van der Waals surface area (Å²) in [6.45, 7) is 2.21. The molecule has 2 rings (SSSR count). The summed E-state index contributed by atoms with van der Waals surface area (Å²) in [7, 11) is 0. The van der Waals surface area contributed by atoms with Gasteiger partial charge < -0.3 is 0 Å². The van der Waals surface area contributed by atoms with Crippen molar-refractivity contribution < 1.29 is 0 Å². The Balaban J connectivity index is 2.02. The largest absolute Gasteiger partial charge is 0.0775 e. The first-order valence-corrected chi connectivity index (χ1v) is 4.73. The molecule has 2 aliphatic carbocycles. The molecule has 1 fully saturated rings. The molecule has 0 heteroatoms. The van der Waals surface area contributed by atoms with Gasteiger partial charge in [0.2, 0.25) is 0 Å². The summed E-state index contributed by atoms with van der Waals surface area (Å²) in [6.07, 6.45) is 11.8. The predicted octanol–water partition coefficient (Wildman–Crippen LogP) is 3.45. The molecule has 0 bridgehead atoms. The summed E-state index contributed by atoms with van der Waals surface area (Å²) in [6, 6.07) is 0. The average molecular weight is 148 g/mol. The first-order chi connectivity index (χ1) is 5.36. The zero-order valence-electron chi connectivity index (χ0n) is 7.27. The van der Waals surface area contributed by atoms with Gasteiger partial charge in [-0.05, 0) is 32.1 Å². The maximum absolute atomic E-state index is 2.40. The van der Waals surface area contributed by atoms with Crippen LogP contribution in [-0.2, 0) is 0 Å². The Morgan fingerprint density at radius 2 is 2.00 bits per heavy atom. The van der Waals surface area contributed by atoms with Crippen molar-refractivity contribution in [2.75, 3.05) is 0 Å². The Kier molecular flexibility index (Phi) is 1.85. The van der Waals surface area contributed by atoms with Gasteiger partial charge in [0, 0.05) is 0 Å². The van der Waals surface area contributed by atoms with Crippen molar-refractivity contribution >= 4 is 0 Å². The molecule has 0 amide bonds. The van der Waals surface area contributed by atoms with E-state index in [4.69, 9.17) is 0 Å². The third-order valence-electron chi connectivity index (χ3n) is 2.95. The quantitative estimate of drug-likeness (QED) is 0.534. The summed E-state index contributed by atoms with van der Waals surface area (Å²) < 4.78 is 0. The van der Waals surface area contributed by atoms with Crippen LogP contribution in [0.1, 0.15) is 39.0 Å². The first kappa shape index (κ1) is 7.15. The second-order valence-corrected chi connectivity index (χ2v) is 3.85. The van der Waals surface area contributed by atoms with Gasteiger partial charge in [0.15, 0.2) is 0 Å². The van der Waals surface area contributed by atoms with E-state index in [1.165, 1.54) is 37.7 Å². The van der Waals surface area contributed by atoms with E-state index < -0.39 is 0 Å². The van der Waals surface area contributed by atoms with Crippen LogP contribution in [0.15, 0.2) is 23.3 Å². The Hall–Kier alpha value is -0.520. The van der Waals surface area contributed by atoms with E-state index in [1.807, 2.05) is 0 Å². The third kappa shape index (κ3) is 1.40. The molecule has 0 saturated heterocycles. The molecule has 0 aromatic rings. The van der Waals surface area contributed by atoms with E-state index in [0.29, 0.717) is 0 Å². The monoisotopic (exact) mass is 148 g/mol. The highest BCUT2D eigenvalue weighted by Crippen LogP contribution is 2.35. The van der Waals surface area contributed by atoms with E-state index in [0.717, 1.165) is 5.92 Å². The van der Waals surface area contributed by atoms with Gasteiger partial charge in [0.25, 0.3) is 0 Å². The Labute approximate surface area is 69.0 Å². The van der Waals surface area contributed by atoms with Crippen molar-refractivity contribution in [3.05, 3.63) is 23.3 Å². The van der Waals surface area contributed by atoms with Crippen molar-refractivity contribution in [3.8, 4) is 0 Å². The van der Waals surface area contributed by atoms with Gasteiger partial charge in [0.05, 0.1) is 0 Å². The summed E-state index contributed by atoms with van der Waals surface area (Å²) in [4.78, 5) is 0. The van der Waals surface area contributed by atoms with Gasteiger partial charge in [-0.15, -0.1) is 0 Å². The lowest BCUT2D eigenvalue weighted by Crippen LogP contribution is -1.95. The molecule has 1 saturated carbocycles. The van der Waals surface area contributed by atoms with Crippen LogP contribution in [0.5, 0.6) is 0 Å². The molecule has 0 aromatic carbocycles. The number of rotatable bonds is 1. The van der Waals surface area contributed by atoms with Crippen LogP contribution in [0.2, 0.25) is 0 Å². The molecule has 0 N–H and O–H groups in total. The van der Waals surface area contributed by atoms with Gasteiger partial charge >= 0.3 is 0 Å². The van der Waals surface area contributed by atoms with Crippen molar-refractivity contribution in [2.24, 2.45) is 5.92 Å². The fourth-order valence-corrected chi connectivity index (χ4v) is 2.27. The summed E-state index contributed by atoms with van der Waals surface area (Å²) in [5.41, 5.74) is 3.19. The second-order valence-electron chi connectivity index (χ2n) is 3.85. The van der Waals surface area contributed by atoms with E-state index in [2.05, 4.69) is 19.1 Å². The fraction of sp³-hybridized carbons (Fsp3) is 0.636. The third-order valence-corrected chi connectivity index (χ3v) is 2.95. The van der Waals surface area contributed by atoms with Crippen LogP contribution in [0.4, 0.5) is 0 Å². The molecule has 2 aliphatic rings. The summed E-state index contributed by atoms with van der Waals surface area (Å²) >= 11 is 0. The minimum absolute atomic E-state index is 0.948. The molecule has 0 aromatic heterocycles. The Morgan fingerprint density at radius 1 is 1.27 bits per heavy atom. The molecule has 0 nitrogen and oxygen atoms in total. The zero-order chi connectivity index (χ0) is 7.68. The lowest BCUT2D eigenvalue weighted by atomic mass is 9.97. The highest BCUT2D eigenvalue weighted by Gasteiger charge is 2.19. The zero-order valence-corrected chi connectivity index (χ0v) is 7.27. The molecule has 11 heavy (non-hydrogen) atoms.